The van der Waals surface area contributed by atoms with E-state index in [9.17, 15) is 4.79 Å². The second-order valence-corrected chi connectivity index (χ2v) is 10.7. The van der Waals surface area contributed by atoms with Crippen molar-refractivity contribution in [2.45, 2.75) is 25.6 Å². The zero-order chi connectivity index (χ0) is 17.3. The average molecular weight is 336 g/mol. The normalized spacial score (nSPS) is 21.2. The fraction of sp³-hybridized carbons (Fsp3) is 0.529. The molecule has 23 heavy (non-hydrogen) atoms. The lowest BCUT2D eigenvalue weighted by molar-refractivity contribution is -0.0858. The average Bonchev–Trinajstić information content (AvgIpc) is 2.44. The van der Waals surface area contributed by atoms with E-state index in [2.05, 4.69) is 34.9 Å². The summed E-state index contributed by atoms with van der Waals surface area (Å²) in [4.78, 5) is 18.0. The van der Waals surface area contributed by atoms with Crippen LogP contribution in [0.2, 0.25) is 0 Å². The summed E-state index contributed by atoms with van der Waals surface area (Å²) in [5, 5.41) is 3.24. The van der Waals surface area contributed by atoms with Crippen LogP contribution in [0.25, 0.3) is 0 Å². The van der Waals surface area contributed by atoms with Gasteiger partial charge in [-0.05, 0) is 50.0 Å². The molecule has 1 amide bonds. The Labute approximate surface area is 139 Å². The third-order valence-electron chi connectivity index (χ3n) is 3.51. The Hall–Kier alpha value is -1.71. The first kappa shape index (κ1) is 17.6. The van der Waals surface area contributed by atoms with E-state index in [1.807, 2.05) is 19.9 Å². The molecule has 1 aromatic heterocycles. The standard InChI is InChI=1S/C17H24N2O3S/c1-17(2)14(21-3)12-19(16(20)22-17)15-8-7-13(11-18-15)9-10-23(4,5)6/h7-8,11,14H,12H2,1-6H3. The largest absolute Gasteiger partial charge is 0.440 e. The maximum atomic E-state index is 12.2. The highest BCUT2D eigenvalue weighted by Crippen LogP contribution is 2.32. The smallest absolute Gasteiger partial charge is 0.416 e. The predicted octanol–water partition coefficient (Wildman–Crippen LogP) is 2.83. The highest BCUT2D eigenvalue weighted by Gasteiger charge is 2.42. The minimum atomic E-state index is -0.875. The number of nitrogens with zero attached hydrogens (tertiary/aromatic N) is 2. The molecule has 1 aliphatic heterocycles. The minimum Gasteiger partial charge on any atom is -0.440 e. The number of cyclic esters (lactones) is 1. The number of hydrogen-bond acceptors (Lipinski definition) is 4. The van der Waals surface area contributed by atoms with Gasteiger partial charge in [0.2, 0.25) is 0 Å². The maximum Gasteiger partial charge on any atom is 0.416 e. The summed E-state index contributed by atoms with van der Waals surface area (Å²) in [7, 11) is 0.740. The van der Waals surface area contributed by atoms with Crippen molar-refractivity contribution in [2.24, 2.45) is 0 Å². The molecule has 0 radical (unpaired) electrons. The number of aromatic nitrogens is 1. The molecule has 126 valence electrons. The minimum absolute atomic E-state index is 0.217. The van der Waals surface area contributed by atoms with Gasteiger partial charge in [-0.3, -0.25) is 4.90 Å². The van der Waals surface area contributed by atoms with Gasteiger partial charge >= 0.3 is 6.09 Å². The number of pyridine rings is 1. The Balaban J connectivity index is 2.19. The van der Waals surface area contributed by atoms with Gasteiger partial charge in [-0.15, -0.1) is 0 Å². The monoisotopic (exact) mass is 336 g/mol. The van der Waals surface area contributed by atoms with Gasteiger partial charge < -0.3 is 9.47 Å². The van der Waals surface area contributed by atoms with Crippen molar-refractivity contribution in [3.63, 3.8) is 0 Å². The summed E-state index contributed by atoms with van der Waals surface area (Å²) < 4.78 is 10.9. The van der Waals surface area contributed by atoms with Crippen molar-refractivity contribution in [2.75, 3.05) is 37.3 Å². The molecule has 0 saturated carbocycles. The van der Waals surface area contributed by atoms with Crippen molar-refractivity contribution >= 4 is 21.9 Å². The third kappa shape index (κ3) is 4.40. The Morgan fingerprint density at radius 2 is 2.09 bits per heavy atom. The van der Waals surface area contributed by atoms with E-state index < -0.39 is 21.7 Å². The van der Waals surface area contributed by atoms with E-state index in [0.29, 0.717) is 12.4 Å². The number of methoxy groups -OCH3 is 1. The SMILES string of the molecule is COC1CN(c2ccc(C#CS(C)(C)C)cn2)C(=O)OC1(C)C. The number of carbonyl (C=O) groups excluding carboxylic acids is 1. The van der Waals surface area contributed by atoms with E-state index in [0.717, 1.165) is 5.56 Å². The Bertz CT molecular complexity index is 639. The molecule has 2 heterocycles. The summed E-state index contributed by atoms with van der Waals surface area (Å²) in [6.07, 6.45) is 7.47. The van der Waals surface area contributed by atoms with E-state index in [-0.39, 0.29) is 6.10 Å². The Morgan fingerprint density at radius 1 is 1.39 bits per heavy atom. The highest BCUT2D eigenvalue weighted by molar-refractivity contribution is 8.35. The Morgan fingerprint density at radius 3 is 2.61 bits per heavy atom. The molecule has 0 aliphatic carbocycles. The molecule has 0 spiro atoms. The van der Waals surface area contributed by atoms with Crippen LogP contribution in [-0.2, 0) is 9.47 Å². The van der Waals surface area contributed by atoms with Crippen LogP contribution in [-0.4, -0.2) is 55.2 Å². The molecule has 6 heteroatoms. The summed E-state index contributed by atoms with van der Waals surface area (Å²) in [6.45, 7) is 4.10. The lowest BCUT2D eigenvalue weighted by Crippen LogP contribution is -2.57. The molecule has 1 unspecified atom stereocenters. The zero-order valence-corrected chi connectivity index (χ0v) is 15.4. The first-order valence-electron chi connectivity index (χ1n) is 7.33. The molecule has 0 N–H and O–H groups in total. The molecular weight excluding hydrogens is 312 g/mol. The molecule has 2 rings (SSSR count). The quantitative estimate of drug-likeness (QED) is 0.779. The van der Waals surface area contributed by atoms with Gasteiger partial charge in [-0.1, -0.05) is 5.92 Å². The molecule has 0 aromatic carbocycles. The number of hydrogen-bond donors (Lipinski definition) is 0. The summed E-state index contributed by atoms with van der Waals surface area (Å²) in [6, 6.07) is 3.66. The summed E-state index contributed by atoms with van der Waals surface area (Å²) in [5.41, 5.74) is 0.189. The van der Waals surface area contributed by atoms with Crippen LogP contribution >= 0.6 is 10.0 Å². The number of anilines is 1. The van der Waals surface area contributed by atoms with Gasteiger partial charge in [-0.2, -0.15) is 10.0 Å². The number of rotatable bonds is 2. The van der Waals surface area contributed by atoms with Gasteiger partial charge in [0.05, 0.1) is 6.54 Å². The molecule has 1 saturated heterocycles. The van der Waals surface area contributed by atoms with Crippen LogP contribution in [0.1, 0.15) is 19.4 Å². The third-order valence-corrected chi connectivity index (χ3v) is 4.22. The van der Waals surface area contributed by atoms with Gasteiger partial charge in [-0.25, -0.2) is 9.78 Å². The van der Waals surface area contributed by atoms with Crippen molar-refractivity contribution in [1.29, 1.82) is 0 Å². The Kier molecular flexibility index (Phi) is 4.92. The van der Waals surface area contributed by atoms with Gasteiger partial charge in [0.15, 0.2) is 0 Å². The van der Waals surface area contributed by atoms with Crippen LogP contribution < -0.4 is 4.90 Å². The van der Waals surface area contributed by atoms with Crippen LogP contribution in [0, 0.1) is 11.2 Å². The van der Waals surface area contributed by atoms with Crippen LogP contribution in [0.3, 0.4) is 0 Å². The van der Waals surface area contributed by atoms with Crippen LogP contribution in [0.4, 0.5) is 10.6 Å². The van der Waals surface area contributed by atoms with E-state index >= 15 is 0 Å². The summed E-state index contributed by atoms with van der Waals surface area (Å²) in [5.74, 6) is 3.67. The van der Waals surface area contributed by atoms with Crippen LogP contribution in [0.5, 0.6) is 0 Å². The fourth-order valence-corrected chi connectivity index (χ4v) is 2.61. The molecule has 1 aliphatic rings. The number of carbonyl (C=O) groups is 1. The van der Waals surface area contributed by atoms with Crippen LogP contribution in [0.15, 0.2) is 18.3 Å². The highest BCUT2D eigenvalue weighted by atomic mass is 32.3. The molecular formula is C17H24N2O3S. The first-order chi connectivity index (χ1) is 10.6. The van der Waals surface area contributed by atoms with Crippen molar-refractivity contribution in [3.05, 3.63) is 23.9 Å². The van der Waals surface area contributed by atoms with Gasteiger partial charge in [0.25, 0.3) is 0 Å². The number of ether oxygens (including phenoxy) is 2. The molecule has 5 nitrogen and oxygen atoms in total. The van der Waals surface area contributed by atoms with Gasteiger partial charge in [0.1, 0.15) is 17.5 Å². The summed E-state index contributed by atoms with van der Waals surface area (Å²) >= 11 is 0. The second-order valence-electron chi connectivity index (χ2n) is 6.78. The molecule has 0 bridgehead atoms. The van der Waals surface area contributed by atoms with Crippen molar-refractivity contribution in [1.82, 2.24) is 4.98 Å². The van der Waals surface area contributed by atoms with E-state index in [4.69, 9.17) is 9.47 Å². The molecule has 1 aromatic rings. The first-order valence-corrected chi connectivity index (χ1v) is 10.2. The van der Waals surface area contributed by atoms with E-state index in [1.165, 1.54) is 4.90 Å². The molecule has 1 fully saturated rings. The lowest BCUT2D eigenvalue weighted by Gasteiger charge is -2.41. The fourth-order valence-electron chi connectivity index (χ4n) is 2.18. The maximum absolute atomic E-state index is 12.2. The van der Waals surface area contributed by atoms with Gasteiger partial charge in [0, 0.05) is 18.9 Å². The van der Waals surface area contributed by atoms with Crippen molar-refractivity contribution < 1.29 is 14.3 Å². The molecule has 1 atom stereocenters. The van der Waals surface area contributed by atoms with Crippen molar-refractivity contribution in [3.8, 4) is 11.2 Å². The zero-order valence-electron chi connectivity index (χ0n) is 14.5. The predicted molar refractivity (Wildman–Crippen MR) is 95.2 cm³/mol. The topological polar surface area (TPSA) is 51.7 Å². The number of amides is 1. The lowest BCUT2D eigenvalue weighted by atomic mass is 9.99. The van der Waals surface area contributed by atoms with E-state index in [1.54, 1.807) is 19.4 Å². The second kappa shape index (κ2) is 6.42.